The van der Waals surface area contributed by atoms with Crippen molar-refractivity contribution in [1.82, 2.24) is 35.0 Å². The third kappa shape index (κ3) is 4.84. The first kappa shape index (κ1) is 20.6. The summed E-state index contributed by atoms with van der Waals surface area (Å²) in [6, 6.07) is 0. The van der Waals surface area contributed by atoms with Gasteiger partial charge in [-0.3, -0.25) is 14.8 Å². The van der Waals surface area contributed by atoms with E-state index in [1.54, 1.807) is 19.4 Å². The number of ether oxygens (including phenoxy) is 1. The third-order valence-corrected chi connectivity index (χ3v) is 3.83. The first-order valence-corrected chi connectivity index (χ1v) is 9.01. The van der Waals surface area contributed by atoms with Gasteiger partial charge >= 0.3 is 6.09 Å². The Labute approximate surface area is 172 Å². The minimum Gasteiger partial charge on any atom is -0.389 e. The quantitative estimate of drug-likeness (QED) is 0.552. The van der Waals surface area contributed by atoms with Crippen LogP contribution in [0.5, 0.6) is 5.88 Å². The van der Waals surface area contributed by atoms with Gasteiger partial charge in [0.2, 0.25) is 0 Å². The van der Waals surface area contributed by atoms with E-state index < -0.39 is 12.0 Å². The minimum atomic E-state index is -0.839. The molecule has 3 rings (SSSR count). The van der Waals surface area contributed by atoms with Crippen molar-refractivity contribution in [3.63, 3.8) is 0 Å². The number of aryl methyl sites for hydroxylation is 1. The summed E-state index contributed by atoms with van der Waals surface area (Å²) in [6.45, 7) is 3.84. The van der Waals surface area contributed by atoms with Crippen LogP contribution in [0.1, 0.15) is 36.1 Å². The number of carbonyl (C=O) groups is 2. The Balaban J connectivity index is 1.84. The van der Waals surface area contributed by atoms with Crippen LogP contribution in [-0.2, 0) is 7.05 Å². The van der Waals surface area contributed by atoms with Crippen molar-refractivity contribution < 1.29 is 14.3 Å². The van der Waals surface area contributed by atoms with E-state index in [0.717, 1.165) is 0 Å². The highest BCUT2D eigenvalue weighted by molar-refractivity contribution is 6.01. The van der Waals surface area contributed by atoms with Crippen LogP contribution in [0.4, 0.5) is 21.9 Å². The molecule has 3 heterocycles. The first-order valence-electron chi connectivity index (χ1n) is 9.01. The molecular formula is C18H21N9O3. The number of nitrogens with one attached hydrogen (secondary N) is 3. The molecule has 0 radical (unpaired) electrons. The topological polar surface area (TPSA) is 149 Å². The molecule has 30 heavy (non-hydrogen) atoms. The van der Waals surface area contributed by atoms with Crippen LogP contribution in [0, 0.1) is 0 Å². The van der Waals surface area contributed by atoms with Gasteiger partial charge in [0.1, 0.15) is 17.8 Å². The van der Waals surface area contributed by atoms with Gasteiger partial charge in [0.25, 0.3) is 11.8 Å². The molecule has 3 N–H and O–H groups in total. The van der Waals surface area contributed by atoms with E-state index in [4.69, 9.17) is 4.74 Å². The highest BCUT2D eigenvalue weighted by Crippen LogP contribution is 2.27. The fourth-order valence-corrected chi connectivity index (χ4v) is 2.43. The van der Waals surface area contributed by atoms with Crippen molar-refractivity contribution in [2.45, 2.75) is 19.8 Å². The molecule has 2 amide bonds. The molecule has 0 aliphatic heterocycles. The average molecular weight is 411 g/mol. The molecule has 0 saturated heterocycles. The minimum absolute atomic E-state index is 0.0143. The van der Waals surface area contributed by atoms with Crippen LogP contribution in [0.25, 0.3) is 0 Å². The Morgan fingerprint density at radius 2 is 1.87 bits per heavy atom. The van der Waals surface area contributed by atoms with Crippen LogP contribution in [-0.4, -0.2) is 48.8 Å². The number of hydrogen-bond acceptors (Lipinski definition) is 9. The largest absolute Gasteiger partial charge is 0.418 e. The summed E-state index contributed by atoms with van der Waals surface area (Å²) in [4.78, 5) is 40.9. The third-order valence-electron chi connectivity index (χ3n) is 3.83. The summed E-state index contributed by atoms with van der Waals surface area (Å²) in [5.41, 5.74) is 1.17. The zero-order valence-electron chi connectivity index (χ0n) is 16.9. The van der Waals surface area contributed by atoms with E-state index in [0.29, 0.717) is 17.2 Å². The average Bonchev–Trinajstić information content (AvgIpc) is 3.09. The lowest BCUT2D eigenvalue weighted by molar-refractivity contribution is 0.0958. The van der Waals surface area contributed by atoms with Crippen molar-refractivity contribution in [2.75, 3.05) is 17.7 Å². The Kier molecular flexibility index (Phi) is 6.15. The number of amides is 2. The molecule has 0 bridgehead atoms. The summed E-state index contributed by atoms with van der Waals surface area (Å²) in [5.74, 6) is 0.0877. The maximum atomic E-state index is 12.5. The van der Waals surface area contributed by atoms with Crippen molar-refractivity contribution >= 4 is 29.1 Å². The number of hydrogen-bond donors (Lipinski definition) is 3. The predicted octanol–water partition coefficient (Wildman–Crippen LogP) is 1.84. The first-order chi connectivity index (χ1) is 14.4. The molecule has 0 aliphatic rings. The van der Waals surface area contributed by atoms with Gasteiger partial charge in [-0.15, -0.1) is 0 Å². The number of aromatic nitrogens is 6. The zero-order valence-corrected chi connectivity index (χ0v) is 16.9. The summed E-state index contributed by atoms with van der Waals surface area (Å²) in [6.07, 6.45) is 6.67. The molecule has 12 nitrogen and oxygen atoms in total. The molecule has 0 atom stereocenters. The second-order valence-corrected chi connectivity index (χ2v) is 6.51. The molecular weight excluding hydrogens is 390 g/mol. The maximum Gasteiger partial charge on any atom is 0.418 e. The summed E-state index contributed by atoms with van der Waals surface area (Å²) >= 11 is 0. The molecule has 0 spiro atoms. The van der Waals surface area contributed by atoms with Crippen LogP contribution in [0.3, 0.4) is 0 Å². The smallest absolute Gasteiger partial charge is 0.389 e. The summed E-state index contributed by atoms with van der Waals surface area (Å²) in [5, 5.41) is 12.0. The van der Waals surface area contributed by atoms with E-state index in [-0.39, 0.29) is 23.2 Å². The highest BCUT2D eigenvalue weighted by atomic mass is 16.6. The van der Waals surface area contributed by atoms with Crippen molar-refractivity contribution in [3.05, 3.63) is 42.6 Å². The van der Waals surface area contributed by atoms with Gasteiger partial charge in [0.15, 0.2) is 5.69 Å². The highest BCUT2D eigenvalue weighted by Gasteiger charge is 2.20. The van der Waals surface area contributed by atoms with E-state index in [1.807, 2.05) is 13.8 Å². The number of rotatable bonds is 6. The standard InChI is InChI=1S/C18H21N9O3/c1-10(2)15-22-7-12(23-11-5-20-9-21-6-11)17(25-15)30-18(29)24-13-8-27(4)26-14(13)16(28)19-3/h5-10,23H,1-4H3,(H,19,28)(H,24,29). The van der Waals surface area contributed by atoms with Gasteiger partial charge < -0.3 is 15.4 Å². The van der Waals surface area contributed by atoms with Crippen molar-refractivity contribution in [1.29, 1.82) is 0 Å². The Morgan fingerprint density at radius 1 is 1.13 bits per heavy atom. The summed E-state index contributed by atoms with van der Waals surface area (Å²) in [7, 11) is 3.10. The molecule has 12 heteroatoms. The lowest BCUT2D eigenvalue weighted by Gasteiger charge is -2.13. The normalized spacial score (nSPS) is 10.6. The zero-order chi connectivity index (χ0) is 21.7. The monoisotopic (exact) mass is 411 g/mol. The van der Waals surface area contributed by atoms with Crippen LogP contribution in [0.2, 0.25) is 0 Å². The lowest BCUT2D eigenvalue weighted by Crippen LogP contribution is -2.23. The number of nitrogens with zero attached hydrogens (tertiary/aromatic N) is 6. The van der Waals surface area contributed by atoms with E-state index in [2.05, 4.69) is 41.0 Å². The molecule has 0 saturated carbocycles. The Morgan fingerprint density at radius 3 is 2.53 bits per heavy atom. The molecule has 0 aliphatic carbocycles. The SMILES string of the molecule is CNC(=O)c1nn(C)cc1NC(=O)Oc1nc(C(C)C)ncc1Nc1cncnc1. The van der Waals surface area contributed by atoms with Crippen LogP contribution in [0.15, 0.2) is 31.1 Å². The number of anilines is 3. The molecule has 3 aromatic rings. The molecule has 0 unspecified atom stereocenters. The fraction of sp³-hybridized carbons (Fsp3) is 0.278. The molecule has 0 aromatic carbocycles. The van der Waals surface area contributed by atoms with E-state index in [9.17, 15) is 9.59 Å². The second kappa shape index (κ2) is 8.94. The molecule has 156 valence electrons. The Bertz CT molecular complexity index is 1050. The fourth-order valence-electron chi connectivity index (χ4n) is 2.43. The maximum absolute atomic E-state index is 12.5. The van der Waals surface area contributed by atoms with Gasteiger partial charge in [-0.25, -0.2) is 19.7 Å². The van der Waals surface area contributed by atoms with Gasteiger partial charge in [0, 0.05) is 26.2 Å². The lowest BCUT2D eigenvalue weighted by atomic mass is 10.2. The molecule has 3 aromatic heterocycles. The van der Waals surface area contributed by atoms with Crippen LogP contribution < -0.4 is 20.7 Å². The van der Waals surface area contributed by atoms with E-state index >= 15 is 0 Å². The molecule has 0 fully saturated rings. The second-order valence-electron chi connectivity index (χ2n) is 6.51. The van der Waals surface area contributed by atoms with E-state index in [1.165, 1.54) is 30.5 Å². The van der Waals surface area contributed by atoms with Crippen molar-refractivity contribution in [3.8, 4) is 5.88 Å². The van der Waals surface area contributed by atoms with Gasteiger partial charge in [0.05, 0.1) is 30.0 Å². The Hall–Kier alpha value is -4.09. The van der Waals surface area contributed by atoms with Gasteiger partial charge in [-0.1, -0.05) is 13.8 Å². The van der Waals surface area contributed by atoms with Gasteiger partial charge in [-0.05, 0) is 0 Å². The van der Waals surface area contributed by atoms with Gasteiger partial charge in [-0.2, -0.15) is 10.1 Å². The van der Waals surface area contributed by atoms with Crippen LogP contribution >= 0.6 is 0 Å². The number of carbonyl (C=O) groups excluding carboxylic acids is 2. The summed E-state index contributed by atoms with van der Waals surface area (Å²) < 4.78 is 6.82. The van der Waals surface area contributed by atoms with Crippen molar-refractivity contribution in [2.24, 2.45) is 7.05 Å². The predicted molar refractivity (Wildman–Crippen MR) is 108 cm³/mol.